The lowest BCUT2D eigenvalue weighted by atomic mass is 9.98. The van der Waals surface area contributed by atoms with Crippen molar-refractivity contribution in [3.05, 3.63) is 35.9 Å². The monoisotopic (exact) mass is 518 g/mol. The van der Waals surface area contributed by atoms with Crippen LogP contribution in [0.15, 0.2) is 30.3 Å². The van der Waals surface area contributed by atoms with E-state index in [-0.39, 0.29) is 24.8 Å². The first kappa shape index (κ1) is 33.3. The van der Waals surface area contributed by atoms with Crippen LogP contribution in [0.5, 0.6) is 0 Å². The van der Waals surface area contributed by atoms with Crippen LogP contribution >= 0.6 is 0 Å². The minimum atomic E-state index is -0.822. The normalized spacial score (nSPS) is 13.9. The summed E-state index contributed by atoms with van der Waals surface area (Å²) in [5.74, 6) is -1.45. The third-order valence-electron chi connectivity index (χ3n) is 7.05. The zero-order valence-corrected chi connectivity index (χ0v) is 23.8. The van der Waals surface area contributed by atoms with Crippen molar-refractivity contribution in [3.8, 4) is 0 Å². The van der Waals surface area contributed by atoms with Crippen LogP contribution in [0.25, 0.3) is 0 Å². The van der Waals surface area contributed by atoms with E-state index >= 15 is 0 Å². The zero-order chi connectivity index (χ0) is 27.3. The van der Waals surface area contributed by atoms with Crippen LogP contribution in [-0.2, 0) is 20.7 Å². The molecule has 0 radical (unpaired) electrons. The van der Waals surface area contributed by atoms with E-state index in [1.165, 1.54) is 70.6 Å². The first-order chi connectivity index (χ1) is 17.8. The lowest BCUT2D eigenvalue weighted by molar-refractivity contribution is -0.161. The van der Waals surface area contributed by atoms with Gasteiger partial charge in [0.15, 0.2) is 0 Å². The van der Waals surface area contributed by atoms with Crippen LogP contribution in [0.1, 0.15) is 116 Å². The molecule has 0 fully saturated rings. The first-order valence-electron chi connectivity index (χ1n) is 14.8. The Balaban J connectivity index is 2.33. The number of esters is 2. The molecular formula is C31H54N2O4. The van der Waals surface area contributed by atoms with Crippen molar-refractivity contribution in [1.29, 1.82) is 0 Å². The molecule has 37 heavy (non-hydrogen) atoms. The second kappa shape index (κ2) is 21.2. The van der Waals surface area contributed by atoms with E-state index in [0.717, 1.165) is 18.5 Å². The second-order valence-corrected chi connectivity index (χ2v) is 10.8. The molecule has 0 aliphatic heterocycles. The molecule has 4 N–H and O–H groups in total. The van der Waals surface area contributed by atoms with E-state index in [2.05, 4.69) is 12.2 Å². The molecule has 0 aliphatic rings. The summed E-state index contributed by atoms with van der Waals surface area (Å²) in [7, 11) is 0. The van der Waals surface area contributed by atoms with Crippen molar-refractivity contribution in [3.63, 3.8) is 0 Å². The lowest BCUT2D eigenvalue weighted by Gasteiger charge is -2.24. The SMILES string of the molecule is CCCCCCCCCCCCCCNC(Cc1ccccc1)C(O)CCC(=O)OC(=O)[C@@H](N)C(C)C. The molecule has 0 spiro atoms. The minimum Gasteiger partial charge on any atom is -0.392 e. The number of hydrogen-bond acceptors (Lipinski definition) is 6. The highest BCUT2D eigenvalue weighted by atomic mass is 16.6. The molecule has 6 nitrogen and oxygen atoms in total. The molecule has 6 heteroatoms. The largest absolute Gasteiger partial charge is 0.392 e. The van der Waals surface area contributed by atoms with Crippen LogP contribution in [-0.4, -0.2) is 41.8 Å². The lowest BCUT2D eigenvalue weighted by Crippen LogP contribution is -2.42. The summed E-state index contributed by atoms with van der Waals surface area (Å²) in [6.07, 6.45) is 15.9. The van der Waals surface area contributed by atoms with Crippen LogP contribution < -0.4 is 11.1 Å². The zero-order valence-electron chi connectivity index (χ0n) is 23.8. The molecule has 0 saturated carbocycles. The molecule has 0 aliphatic carbocycles. The molecule has 0 bridgehead atoms. The molecule has 1 aromatic rings. The van der Waals surface area contributed by atoms with Crippen molar-refractivity contribution in [2.24, 2.45) is 11.7 Å². The maximum Gasteiger partial charge on any atom is 0.330 e. The Morgan fingerprint density at radius 1 is 0.892 bits per heavy atom. The number of benzene rings is 1. The van der Waals surface area contributed by atoms with Crippen LogP contribution in [0.4, 0.5) is 0 Å². The van der Waals surface area contributed by atoms with Crippen LogP contribution in [0.3, 0.4) is 0 Å². The minimum absolute atomic E-state index is 0.0245. The van der Waals surface area contributed by atoms with Gasteiger partial charge in [-0.15, -0.1) is 0 Å². The predicted octanol–water partition coefficient (Wildman–Crippen LogP) is 6.08. The smallest absolute Gasteiger partial charge is 0.330 e. The van der Waals surface area contributed by atoms with Gasteiger partial charge in [-0.1, -0.05) is 122 Å². The van der Waals surface area contributed by atoms with E-state index in [1.807, 2.05) is 30.3 Å². The number of aliphatic hydroxyl groups excluding tert-OH is 1. The molecule has 3 atom stereocenters. The Morgan fingerprint density at radius 2 is 1.43 bits per heavy atom. The average molecular weight is 519 g/mol. The van der Waals surface area contributed by atoms with E-state index in [4.69, 9.17) is 10.5 Å². The van der Waals surface area contributed by atoms with Gasteiger partial charge in [-0.25, -0.2) is 4.79 Å². The fraction of sp³-hybridized carbons (Fsp3) is 0.742. The quantitative estimate of drug-likeness (QED) is 0.0976. The molecule has 212 valence electrons. The highest BCUT2D eigenvalue weighted by Crippen LogP contribution is 2.14. The summed E-state index contributed by atoms with van der Waals surface area (Å²) in [4.78, 5) is 24.0. The Morgan fingerprint density at radius 3 is 1.97 bits per heavy atom. The highest BCUT2D eigenvalue weighted by Gasteiger charge is 2.24. The molecule has 0 aromatic heterocycles. The van der Waals surface area contributed by atoms with Gasteiger partial charge < -0.3 is 20.9 Å². The summed E-state index contributed by atoms with van der Waals surface area (Å²) in [6.45, 7) is 6.70. The third kappa shape index (κ3) is 16.6. The number of carbonyl (C=O) groups is 2. The maximum absolute atomic E-state index is 12.1. The summed E-state index contributed by atoms with van der Waals surface area (Å²) in [6, 6.07) is 9.06. The summed E-state index contributed by atoms with van der Waals surface area (Å²) in [5.41, 5.74) is 6.89. The molecular weight excluding hydrogens is 464 g/mol. The van der Waals surface area contributed by atoms with Gasteiger partial charge in [-0.05, 0) is 37.3 Å². The van der Waals surface area contributed by atoms with Gasteiger partial charge in [0.25, 0.3) is 0 Å². The number of ether oxygens (including phenoxy) is 1. The Hall–Kier alpha value is -1.76. The van der Waals surface area contributed by atoms with Crippen LogP contribution in [0, 0.1) is 5.92 Å². The Bertz CT molecular complexity index is 710. The summed E-state index contributed by atoms with van der Waals surface area (Å²) < 4.78 is 4.87. The summed E-state index contributed by atoms with van der Waals surface area (Å²) in [5, 5.41) is 14.4. The number of hydrogen-bond donors (Lipinski definition) is 3. The van der Waals surface area contributed by atoms with E-state index < -0.39 is 24.1 Å². The average Bonchev–Trinajstić information content (AvgIpc) is 2.89. The van der Waals surface area contributed by atoms with Crippen LogP contribution in [0.2, 0.25) is 0 Å². The third-order valence-corrected chi connectivity index (χ3v) is 7.05. The fourth-order valence-corrected chi connectivity index (χ4v) is 4.44. The van der Waals surface area contributed by atoms with Crippen molar-refractivity contribution >= 4 is 11.9 Å². The molecule has 1 rings (SSSR count). The number of nitrogens with two attached hydrogens (primary N) is 1. The molecule has 0 amide bonds. The standard InChI is InChI=1S/C31H54N2O4/c1-4-5-6-7-8-9-10-11-12-13-14-18-23-33-27(24-26-19-16-15-17-20-26)28(34)21-22-29(35)37-31(36)30(32)25(2)3/h15-17,19-20,25,27-28,30,33-34H,4-14,18,21-24,32H2,1-3H3/t27?,28?,30-/m0/s1. The highest BCUT2D eigenvalue weighted by molar-refractivity contribution is 5.88. The van der Waals surface area contributed by atoms with Gasteiger partial charge in [0.05, 0.1) is 6.10 Å². The number of nitrogens with one attached hydrogen (secondary N) is 1. The predicted molar refractivity (Wildman–Crippen MR) is 152 cm³/mol. The van der Waals surface area contributed by atoms with Crippen molar-refractivity contribution in [1.82, 2.24) is 5.32 Å². The first-order valence-corrected chi connectivity index (χ1v) is 14.8. The summed E-state index contributed by atoms with van der Waals surface area (Å²) >= 11 is 0. The van der Waals surface area contributed by atoms with E-state index in [0.29, 0.717) is 6.42 Å². The number of carbonyl (C=O) groups excluding carboxylic acids is 2. The van der Waals surface area contributed by atoms with Gasteiger partial charge >= 0.3 is 11.9 Å². The van der Waals surface area contributed by atoms with Gasteiger partial charge in [0.2, 0.25) is 0 Å². The Kier molecular flexibility index (Phi) is 19.1. The molecule has 2 unspecified atom stereocenters. The van der Waals surface area contributed by atoms with E-state index in [9.17, 15) is 14.7 Å². The van der Waals surface area contributed by atoms with Crippen molar-refractivity contribution in [2.45, 2.75) is 135 Å². The van der Waals surface area contributed by atoms with Gasteiger partial charge in [-0.3, -0.25) is 4.79 Å². The van der Waals surface area contributed by atoms with Crippen molar-refractivity contribution < 1.29 is 19.4 Å². The fourth-order valence-electron chi connectivity index (χ4n) is 4.44. The van der Waals surface area contributed by atoms with Gasteiger partial charge in [0, 0.05) is 12.5 Å². The molecule has 1 aromatic carbocycles. The number of unbranched alkanes of at least 4 members (excludes halogenated alkanes) is 11. The molecule has 0 heterocycles. The van der Waals surface area contributed by atoms with Crippen molar-refractivity contribution in [2.75, 3.05) is 6.54 Å². The number of aliphatic hydroxyl groups is 1. The topological polar surface area (TPSA) is 102 Å². The molecule has 0 saturated heterocycles. The van der Waals surface area contributed by atoms with Gasteiger partial charge in [-0.2, -0.15) is 0 Å². The number of rotatable bonds is 22. The van der Waals surface area contributed by atoms with Gasteiger partial charge in [0.1, 0.15) is 6.04 Å². The van der Waals surface area contributed by atoms with E-state index in [1.54, 1.807) is 13.8 Å². The maximum atomic E-state index is 12.1. The Labute approximate surface area is 226 Å². The second-order valence-electron chi connectivity index (χ2n) is 10.8.